The SMILES string of the molecule is CC(C)(C#Cc1ccccc1)OCCS. The molecular weight excluding hydrogens is 204 g/mol. The number of thiol groups is 1. The van der Waals surface area contributed by atoms with E-state index in [1.807, 2.05) is 44.2 Å². The minimum absolute atomic E-state index is 0.404. The highest BCUT2D eigenvalue weighted by Gasteiger charge is 2.13. The number of hydrogen-bond acceptors (Lipinski definition) is 2. The Kier molecular flexibility index (Phi) is 4.74. The maximum Gasteiger partial charge on any atom is 0.123 e. The molecule has 0 aliphatic carbocycles. The molecule has 0 atom stereocenters. The fourth-order valence-electron chi connectivity index (χ4n) is 1.08. The van der Waals surface area contributed by atoms with E-state index in [-0.39, 0.29) is 0 Å². The Labute approximate surface area is 97.3 Å². The zero-order valence-electron chi connectivity index (χ0n) is 9.16. The van der Waals surface area contributed by atoms with Crippen LogP contribution in [0.2, 0.25) is 0 Å². The van der Waals surface area contributed by atoms with Gasteiger partial charge in [0.15, 0.2) is 0 Å². The van der Waals surface area contributed by atoms with Gasteiger partial charge in [0.1, 0.15) is 5.60 Å². The summed E-state index contributed by atoms with van der Waals surface area (Å²) in [4.78, 5) is 0. The summed E-state index contributed by atoms with van der Waals surface area (Å²) in [5, 5.41) is 0. The summed E-state index contributed by atoms with van der Waals surface area (Å²) in [6.07, 6.45) is 0. The van der Waals surface area contributed by atoms with Crippen LogP contribution in [0.25, 0.3) is 0 Å². The molecule has 1 nitrogen and oxygen atoms in total. The summed E-state index contributed by atoms with van der Waals surface area (Å²) in [5.41, 5.74) is 0.610. The quantitative estimate of drug-likeness (QED) is 0.609. The van der Waals surface area contributed by atoms with E-state index in [2.05, 4.69) is 24.5 Å². The molecule has 80 valence electrons. The van der Waals surface area contributed by atoms with Crippen LogP contribution in [0.4, 0.5) is 0 Å². The zero-order valence-corrected chi connectivity index (χ0v) is 10.1. The molecule has 0 aliphatic heterocycles. The number of ether oxygens (including phenoxy) is 1. The molecule has 0 aliphatic rings. The van der Waals surface area contributed by atoms with Crippen molar-refractivity contribution in [3.63, 3.8) is 0 Å². The Morgan fingerprint density at radius 2 is 1.93 bits per heavy atom. The lowest BCUT2D eigenvalue weighted by molar-refractivity contribution is 0.0381. The van der Waals surface area contributed by atoms with E-state index in [4.69, 9.17) is 4.74 Å². The number of hydrogen-bond donors (Lipinski definition) is 1. The van der Waals surface area contributed by atoms with Crippen molar-refractivity contribution in [2.75, 3.05) is 12.4 Å². The van der Waals surface area contributed by atoms with Gasteiger partial charge in [0, 0.05) is 11.3 Å². The van der Waals surface area contributed by atoms with Crippen LogP contribution in [-0.4, -0.2) is 18.0 Å². The molecule has 0 saturated carbocycles. The molecule has 0 aromatic heterocycles. The maximum atomic E-state index is 5.55. The van der Waals surface area contributed by atoms with Crippen molar-refractivity contribution in [3.8, 4) is 11.8 Å². The van der Waals surface area contributed by atoms with Gasteiger partial charge in [-0.25, -0.2) is 0 Å². The zero-order chi connectivity index (χ0) is 11.1. The van der Waals surface area contributed by atoms with Gasteiger partial charge in [-0.2, -0.15) is 12.6 Å². The van der Waals surface area contributed by atoms with Gasteiger partial charge in [-0.05, 0) is 26.0 Å². The van der Waals surface area contributed by atoms with E-state index in [0.717, 1.165) is 11.3 Å². The molecule has 1 aromatic carbocycles. The van der Waals surface area contributed by atoms with Crippen molar-refractivity contribution in [3.05, 3.63) is 35.9 Å². The van der Waals surface area contributed by atoms with Gasteiger partial charge >= 0.3 is 0 Å². The monoisotopic (exact) mass is 220 g/mol. The first kappa shape index (κ1) is 12.2. The normalized spacial score (nSPS) is 10.6. The second-order valence-corrected chi connectivity index (χ2v) is 4.15. The Morgan fingerprint density at radius 3 is 2.53 bits per heavy atom. The Bertz CT molecular complexity index is 346. The molecule has 0 saturated heterocycles. The second-order valence-electron chi connectivity index (χ2n) is 3.70. The highest BCUT2D eigenvalue weighted by molar-refractivity contribution is 7.80. The van der Waals surface area contributed by atoms with Gasteiger partial charge in [0.05, 0.1) is 6.61 Å². The largest absolute Gasteiger partial charge is 0.362 e. The van der Waals surface area contributed by atoms with Crippen LogP contribution >= 0.6 is 12.6 Å². The fourth-order valence-corrected chi connectivity index (χ4v) is 1.17. The summed E-state index contributed by atoms with van der Waals surface area (Å²) in [6.45, 7) is 4.55. The van der Waals surface area contributed by atoms with Gasteiger partial charge in [-0.3, -0.25) is 0 Å². The Hall–Kier alpha value is -0.910. The van der Waals surface area contributed by atoms with Crippen LogP contribution in [0.3, 0.4) is 0 Å². The summed E-state index contributed by atoms with van der Waals surface area (Å²) in [6, 6.07) is 9.91. The first-order valence-electron chi connectivity index (χ1n) is 4.97. The fraction of sp³-hybridized carbons (Fsp3) is 0.385. The van der Waals surface area contributed by atoms with Crippen LogP contribution in [0.15, 0.2) is 30.3 Å². The first-order chi connectivity index (χ1) is 7.14. The van der Waals surface area contributed by atoms with Crippen molar-refractivity contribution >= 4 is 12.6 Å². The van der Waals surface area contributed by atoms with Crippen LogP contribution in [0.5, 0.6) is 0 Å². The van der Waals surface area contributed by atoms with Crippen molar-refractivity contribution in [1.29, 1.82) is 0 Å². The number of benzene rings is 1. The number of rotatable bonds is 3. The van der Waals surface area contributed by atoms with E-state index in [1.54, 1.807) is 0 Å². The van der Waals surface area contributed by atoms with E-state index in [0.29, 0.717) is 6.61 Å². The van der Waals surface area contributed by atoms with Crippen molar-refractivity contribution in [2.45, 2.75) is 19.4 Å². The van der Waals surface area contributed by atoms with Gasteiger partial charge in [0.25, 0.3) is 0 Å². The summed E-state index contributed by atoms with van der Waals surface area (Å²) < 4.78 is 5.55. The predicted molar refractivity (Wildman–Crippen MR) is 67.2 cm³/mol. The first-order valence-corrected chi connectivity index (χ1v) is 5.60. The minimum Gasteiger partial charge on any atom is -0.362 e. The van der Waals surface area contributed by atoms with Crippen molar-refractivity contribution < 1.29 is 4.74 Å². The molecule has 2 heteroatoms. The Balaban J connectivity index is 2.64. The molecule has 0 bridgehead atoms. The molecule has 0 fully saturated rings. The van der Waals surface area contributed by atoms with Crippen molar-refractivity contribution in [2.24, 2.45) is 0 Å². The topological polar surface area (TPSA) is 9.23 Å². The molecule has 15 heavy (non-hydrogen) atoms. The van der Waals surface area contributed by atoms with E-state index >= 15 is 0 Å². The average Bonchev–Trinajstić information content (AvgIpc) is 2.25. The van der Waals surface area contributed by atoms with Crippen LogP contribution in [0.1, 0.15) is 19.4 Å². The second kappa shape index (κ2) is 5.85. The van der Waals surface area contributed by atoms with Crippen LogP contribution < -0.4 is 0 Å². The van der Waals surface area contributed by atoms with Gasteiger partial charge < -0.3 is 4.74 Å². The van der Waals surface area contributed by atoms with Gasteiger partial charge in [0.2, 0.25) is 0 Å². The molecule has 0 amide bonds. The predicted octanol–water partition coefficient (Wildman–Crippen LogP) is 2.76. The molecule has 0 heterocycles. The van der Waals surface area contributed by atoms with Crippen LogP contribution in [0, 0.1) is 11.8 Å². The average molecular weight is 220 g/mol. The van der Waals surface area contributed by atoms with Gasteiger partial charge in [-0.1, -0.05) is 30.0 Å². The smallest absolute Gasteiger partial charge is 0.123 e. The standard InChI is InChI=1S/C13H16OS/c1-13(2,14-10-11-15)9-8-12-6-4-3-5-7-12/h3-7,15H,10-11H2,1-2H3. The van der Waals surface area contributed by atoms with Crippen molar-refractivity contribution in [1.82, 2.24) is 0 Å². The third-order valence-corrected chi connectivity index (χ3v) is 2.02. The molecule has 0 unspecified atom stereocenters. The molecular formula is C13H16OS. The minimum atomic E-state index is -0.404. The molecule has 0 N–H and O–H groups in total. The molecule has 0 spiro atoms. The molecule has 1 aromatic rings. The van der Waals surface area contributed by atoms with Crippen LogP contribution in [-0.2, 0) is 4.74 Å². The maximum absolute atomic E-state index is 5.55. The van der Waals surface area contributed by atoms with E-state index in [9.17, 15) is 0 Å². The highest BCUT2D eigenvalue weighted by atomic mass is 32.1. The summed E-state index contributed by atoms with van der Waals surface area (Å²) >= 11 is 4.10. The lowest BCUT2D eigenvalue weighted by Gasteiger charge is -2.17. The van der Waals surface area contributed by atoms with Gasteiger partial charge in [-0.15, -0.1) is 0 Å². The summed E-state index contributed by atoms with van der Waals surface area (Å²) in [5.74, 6) is 6.92. The Morgan fingerprint density at radius 1 is 1.27 bits per heavy atom. The third-order valence-electron chi connectivity index (χ3n) is 1.84. The molecule has 0 radical (unpaired) electrons. The molecule has 1 rings (SSSR count). The van der Waals surface area contributed by atoms with E-state index in [1.165, 1.54) is 0 Å². The van der Waals surface area contributed by atoms with E-state index < -0.39 is 5.60 Å². The lowest BCUT2D eigenvalue weighted by Crippen LogP contribution is -2.23. The summed E-state index contributed by atoms with van der Waals surface area (Å²) in [7, 11) is 0. The highest BCUT2D eigenvalue weighted by Crippen LogP contribution is 2.07. The third kappa shape index (κ3) is 4.92. The lowest BCUT2D eigenvalue weighted by atomic mass is 10.1.